The van der Waals surface area contributed by atoms with Crippen molar-refractivity contribution in [1.82, 2.24) is 0 Å². The fourth-order valence-electron chi connectivity index (χ4n) is 9.63. The molecule has 0 aromatic heterocycles. The molecule has 0 bridgehead atoms. The normalized spacial score (nSPS) is 13.6. The van der Waals surface area contributed by atoms with Crippen molar-refractivity contribution < 1.29 is 37.6 Å². The van der Waals surface area contributed by atoms with Crippen molar-refractivity contribution in [3.63, 3.8) is 0 Å². The maximum atomic E-state index is 12.8. The molecule has 0 fully saturated rings. The number of allylic oxidation sites excluding steroid dienone is 18. The Bertz CT molecular complexity index is 1730. The van der Waals surface area contributed by atoms with Gasteiger partial charge in [0.05, 0.1) is 13.2 Å². The van der Waals surface area contributed by atoms with Gasteiger partial charge >= 0.3 is 19.8 Å². The van der Waals surface area contributed by atoms with E-state index in [1.165, 1.54) is 180 Å². The minimum atomic E-state index is -4.39. The number of nitrogens with two attached hydrogens (primary N) is 1. The molecule has 83 heavy (non-hydrogen) atoms. The van der Waals surface area contributed by atoms with Crippen LogP contribution in [0.3, 0.4) is 0 Å². The molecule has 0 amide bonds. The molecule has 0 radical (unpaired) electrons. The average molecular weight is 1180 g/mol. The van der Waals surface area contributed by atoms with E-state index < -0.39 is 26.5 Å². The number of phosphoric ester groups is 1. The first-order valence-corrected chi connectivity index (χ1v) is 35.9. The molecule has 3 N–H and O–H groups in total. The van der Waals surface area contributed by atoms with Crippen molar-refractivity contribution in [1.29, 1.82) is 0 Å². The summed E-state index contributed by atoms with van der Waals surface area (Å²) in [6, 6.07) is 0. The van der Waals surface area contributed by atoms with Crippen LogP contribution in [0.1, 0.15) is 309 Å². The fourth-order valence-corrected chi connectivity index (χ4v) is 10.4. The van der Waals surface area contributed by atoms with Crippen molar-refractivity contribution in [3.05, 3.63) is 109 Å². The predicted molar refractivity (Wildman–Crippen MR) is 358 cm³/mol. The number of unbranched alkanes of at least 4 members (excludes halogenated alkanes) is 33. The highest BCUT2D eigenvalue weighted by Crippen LogP contribution is 2.43. The summed E-state index contributed by atoms with van der Waals surface area (Å²) in [5.41, 5.74) is 5.40. The third-order valence-electron chi connectivity index (χ3n) is 14.7. The molecule has 2 atom stereocenters. The monoisotopic (exact) mass is 1180 g/mol. The second kappa shape index (κ2) is 67.8. The van der Waals surface area contributed by atoms with E-state index in [9.17, 15) is 19.0 Å². The van der Waals surface area contributed by atoms with Crippen LogP contribution in [0.25, 0.3) is 0 Å². The van der Waals surface area contributed by atoms with Crippen molar-refractivity contribution in [2.75, 3.05) is 26.4 Å². The summed E-state index contributed by atoms with van der Waals surface area (Å²) in [6.07, 6.45) is 93.2. The molecule has 0 spiro atoms. The van der Waals surface area contributed by atoms with Crippen LogP contribution < -0.4 is 5.73 Å². The van der Waals surface area contributed by atoms with Gasteiger partial charge in [-0.25, -0.2) is 4.57 Å². The minimum Gasteiger partial charge on any atom is -0.462 e. The van der Waals surface area contributed by atoms with E-state index in [-0.39, 0.29) is 38.6 Å². The van der Waals surface area contributed by atoms with Crippen LogP contribution in [0, 0.1) is 0 Å². The maximum Gasteiger partial charge on any atom is 0.472 e. The minimum absolute atomic E-state index is 0.0515. The molecule has 10 heteroatoms. The highest BCUT2D eigenvalue weighted by atomic mass is 31.2. The molecule has 0 saturated heterocycles. The first-order chi connectivity index (χ1) is 40.8. The zero-order chi connectivity index (χ0) is 60.1. The predicted octanol–water partition coefficient (Wildman–Crippen LogP) is 22.5. The summed E-state index contributed by atoms with van der Waals surface area (Å²) in [7, 11) is -4.39. The second-order valence-corrected chi connectivity index (χ2v) is 24.1. The van der Waals surface area contributed by atoms with Crippen LogP contribution >= 0.6 is 7.82 Å². The first-order valence-electron chi connectivity index (χ1n) is 34.4. The molecule has 0 aliphatic rings. The van der Waals surface area contributed by atoms with Gasteiger partial charge in [-0.3, -0.25) is 18.6 Å². The van der Waals surface area contributed by atoms with Gasteiger partial charge in [0.2, 0.25) is 0 Å². The standard InChI is InChI=1S/C73H128NO8P/c1-3-5-7-9-11-13-15-17-19-21-23-25-26-27-28-29-30-31-32-33-34-35-36-37-38-39-40-41-42-43-44-46-48-50-52-54-56-58-60-62-64-66-73(76)82-71(70-81-83(77,78)80-68-67-74)69-79-72(75)65-63-61-59-57-55-53-51-49-47-45-24-22-20-18-16-14-12-10-8-6-4-2/h5,7,11,13,17,19,23,25,27-28,30-31,33-34,36-37,39-40,71H,3-4,6,8-10,12,14-16,18,20-22,24,26,29,32,35,38,41-70,74H2,1-2H3,(H,77,78)/b7-5-,13-11-,19-17-,25-23-,28-27-,31-30-,34-33-,37-36-,40-39-. The molecule has 0 heterocycles. The lowest BCUT2D eigenvalue weighted by atomic mass is 10.0. The van der Waals surface area contributed by atoms with Crippen molar-refractivity contribution in [3.8, 4) is 0 Å². The molecule has 9 nitrogen and oxygen atoms in total. The van der Waals surface area contributed by atoms with Gasteiger partial charge in [-0.2, -0.15) is 0 Å². The van der Waals surface area contributed by atoms with Crippen LogP contribution in [0.15, 0.2) is 109 Å². The SMILES string of the molecule is CC/C=C\C/C=C\C/C=C\C/C=C\C/C=C\C/C=C\C/C=C\C/C=C\C/C=C\CCCCCCCCCCCCCCCC(=O)OC(COC(=O)CCCCCCCCCCCCCCCCCCCCCCC)COP(=O)(O)OCCN. The second-order valence-electron chi connectivity index (χ2n) is 22.7. The first kappa shape index (κ1) is 79.7. The molecule has 0 aliphatic heterocycles. The Hall–Kier alpha value is -3.33. The molecule has 478 valence electrons. The Kier molecular flexibility index (Phi) is 65.1. The molecular formula is C73H128NO8P. The van der Waals surface area contributed by atoms with E-state index in [2.05, 4.69) is 123 Å². The van der Waals surface area contributed by atoms with Crippen LogP contribution in [0.5, 0.6) is 0 Å². The zero-order valence-electron chi connectivity index (χ0n) is 53.7. The van der Waals surface area contributed by atoms with Crippen LogP contribution in [-0.2, 0) is 32.7 Å². The van der Waals surface area contributed by atoms with E-state index in [1.54, 1.807) is 0 Å². The van der Waals surface area contributed by atoms with E-state index in [4.69, 9.17) is 24.3 Å². The van der Waals surface area contributed by atoms with Gasteiger partial charge in [0, 0.05) is 19.4 Å². The topological polar surface area (TPSA) is 134 Å². The lowest BCUT2D eigenvalue weighted by Gasteiger charge is -2.19. The van der Waals surface area contributed by atoms with Crippen molar-refractivity contribution in [2.45, 2.75) is 315 Å². The average Bonchev–Trinajstić information content (AvgIpc) is 3.49. The largest absolute Gasteiger partial charge is 0.472 e. The Morgan fingerprint density at radius 3 is 0.988 bits per heavy atom. The van der Waals surface area contributed by atoms with Crippen LogP contribution in [-0.4, -0.2) is 49.3 Å². The van der Waals surface area contributed by atoms with Gasteiger partial charge in [-0.1, -0.05) is 322 Å². The van der Waals surface area contributed by atoms with Crippen molar-refractivity contribution >= 4 is 19.8 Å². The van der Waals surface area contributed by atoms with Gasteiger partial charge in [-0.05, 0) is 83.5 Å². The lowest BCUT2D eigenvalue weighted by molar-refractivity contribution is -0.161. The third-order valence-corrected chi connectivity index (χ3v) is 15.7. The number of phosphoric acid groups is 1. The summed E-state index contributed by atoms with van der Waals surface area (Å²) >= 11 is 0. The summed E-state index contributed by atoms with van der Waals surface area (Å²) in [6.45, 7) is 3.67. The van der Waals surface area contributed by atoms with Crippen molar-refractivity contribution in [2.24, 2.45) is 5.73 Å². The number of hydrogen-bond donors (Lipinski definition) is 2. The Balaban J connectivity index is 3.89. The Morgan fingerprint density at radius 1 is 0.373 bits per heavy atom. The van der Waals surface area contributed by atoms with E-state index >= 15 is 0 Å². The summed E-state index contributed by atoms with van der Waals surface area (Å²) in [4.78, 5) is 35.3. The highest BCUT2D eigenvalue weighted by Gasteiger charge is 2.26. The molecule has 0 aliphatic carbocycles. The number of hydrogen-bond acceptors (Lipinski definition) is 8. The highest BCUT2D eigenvalue weighted by molar-refractivity contribution is 7.47. The summed E-state index contributed by atoms with van der Waals surface area (Å²) < 4.78 is 33.1. The van der Waals surface area contributed by atoms with Crippen LogP contribution in [0.4, 0.5) is 0 Å². The van der Waals surface area contributed by atoms with Gasteiger partial charge < -0.3 is 20.1 Å². The molecular weight excluding hydrogens is 1050 g/mol. The van der Waals surface area contributed by atoms with E-state index in [0.29, 0.717) is 6.42 Å². The Labute approximate surface area is 511 Å². The number of rotatable bonds is 64. The maximum absolute atomic E-state index is 12.8. The molecule has 0 rings (SSSR count). The summed E-state index contributed by atoms with van der Waals surface area (Å²) in [5, 5.41) is 0. The molecule has 0 aromatic carbocycles. The third kappa shape index (κ3) is 67.7. The van der Waals surface area contributed by atoms with E-state index in [1.807, 2.05) is 0 Å². The fraction of sp³-hybridized carbons (Fsp3) is 0.726. The van der Waals surface area contributed by atoms with Gasteiger partial charge in [0.15, 0.2) is 6.10 Å². The van der Waals surface area contributed by atoms with Gasteiger partial charge in [0.1, 0.15) is 6.61 Å². The smallest absolute Gasteiger partial charge is 0.462 e. The molecule has 0 saturated carbocycles. The number of carbonyl (C=O) groups excluding carboxylic acids is 2. The van der Waals surface area contributed by atoms with Gasteiger partial charge in [0.25, 0.3) is 0 Å². The zero-order valence-corrected chi connectivity index (χ0v) is 54.5. The number of carbonyl (C=O) groups is 2. The summed E-state index contributed by atoms with van der Waals surface area (Å²) in [5.74, 6) is -0.819. The lowest BCUT2D eigenvalue weighted by Crippen LogP contribution is -2.29. The Morgan fingerprint density at radius 2 is 0.663 bits per heavy atom. The number of ether oxygens (including phenoxy) is 2. The molecule has 0 aromatic rings. The van der Waals surface area contributed by atoms with Gasteiger partial charge in [-0.15, -0.1) is 0 Å². The van der Waals surface area contributed by atoms with Crippen LogP contribution in [0.2, 0.25) is 0 Å². The van der Waals surface area contributed by atoms with E-state index in [0.717, 1.165) is 96.3 Å². The quantitative estimate of drug-likeness (QED) is 0.0264. The molecule has 2 unspecified atom stereocenters. The number of esters is 2.